The smallest absolute Gasteiger partial charge is 0.223 e. The Bertz CT molecular complexity index is 1010. The van der Waals surface area contributed by atoms with Gasteiger partial charge >= 0.3 is 0 Å². The fourth-order valence-electron chi connectivity index (χ4n) is 4.91. The van der Waals surface area contributed by atoms with E-state index in [4.69, 9.17) is 0 Å². The number of rotatable bonds is 8. The molecule has 33 heavy (non-hydrogen) atoms. The van der Waals surface area contributed by atoms with Crippen molar-refractivity contribution in [3.63, 3.8) is 0 Å². The number of carbonyl (C=O) groups is 1. The van der Waals surface area contributed by atoms with Gasteiger partial charge in [0.1, 0.15) is 0 Å². The molecule has 0 radical (unpaired) electrons. The first-order valence-electron chi connectivity index (χ1n) is 12.0. The zero-order valence-corrected chi connectivity index (χ0v) is 20.3. The molecule has 2 heterocycles. The molecule has 0 aliphatic carbocycles. The quantitative estimate of drug-likeness (QED) is 0.643. The SMILES string of the molecule is Cc1ccc(C(CNC(=O)C2CCN(S(=O)(=O)Cc3ccccc3)CC2)N2CCCC2)cc1. The molecule has 4 rings (SSSR count). The summed E-state index contributed by atoms with van der Waals surface area (Å²) in [4.78, 5) is 15.4. The minimum Gasteiger partial charge on any atom is -0.354 e. The van der Waals surface area contributed by atoms with Crippen LogP contribution in [0, 0.1) is 12.8 Å². The molecule has 1 atom stereocenters. The molecular weight excluding hydrogens is 434 g/mol. The first kappa shape index (κ1) is 23.9. The second-order valence-corrected chi connectivity index (χ2v) is 11.3. The maximum atomic E-state index is 13.0. The van der Waals surface area contributed by atoms with Crippen LogP contribution in [0.3, 0.4) is 0 Å². The number of nitrogens with one attached hydrogen (secondary N) is 1. The lowest BCUT2D eigenvalue weighted by Crippen LogP contribution is -2.45. The van der Waals surface area contributed by atoms with E-state index in [-0.39, 0.29) is 23.6 Å². The normalized spacial score (nSPS) is 19.4. The van der Waals surface area contributed by atoms with E-state index in [9.17, 15) is 13.2 Å². The van der Waals surface area contributed by atoms with Gasteiger partial charge in [0.05, 0.1) is 11.8 Å². The summed E-state index contributed by atoms with van der Waals surface area (Å²) in [5.41, 5.74) is 3.27. The fraction of sp³-hybridized carbons (Fsp3) is 0.500. The van der Waals surface area contributed by atoms with Crippen LogP contribution in [0.25, 0.3) is 0 Å². The van der Waals surface area contributed by atoms with Gasteiger partial charge < -0.3 is 5.32 Å². The van der Waals surface area contributed by atoms with Gasteiger partial charge in [0.25, 0.3) is 0 Å². The average molecular weight is 470 g/mol. The van der Waals surface area contributed by atoms with Gasteiger partial charge in [-0.05, 0) is 56.8 Å². The third kappa shape index (κ3) is 6.22. The van der Waals surface area contributed by atoms with Crippen LogP contribution in [0.5, 0.6) is 0 Å². The summed E-state index contributed by atoms with van der Waals surface area (Å²) in [5.74, 6) is -0.0736. The number of benzene rings is 2. The molecule has 0 spiro atoms. The molecule has 2 fully saturated rings. The average Bonchev–Trinajstić information content (AvgIpc) is 3.35. The summed E-state index contributed by atoms with van der Waals surface area (Å²) in [6.45, 7) is 5.61. The van der Waals surface area contributed by atoms with Crippen molar-refractivity contribution in [3.05, 3.63) is 71.3 Å². The van der Waals surface area contributed by atoms with Gasteiger partial charge in [0.2, 0.25) is 15.9 Å². The van der Waals surface area contributed by atoms with Crippen LogP contribution in [0.4, 0.5) is 0 Å². The Morgan fingerprint density at radius 1 is 0.970 bits per heavy atom. The van der Waals surface area contributed by atoms with E-state index in [1.165, 1.54) is 24.0 Å². The highest BCUT2D eigenvalue weighted by molar-refractivity contribution is 7.88. The highest BCUT2D eigenvalue weighted by Gasteiger charge is 2.32. The molecule has 0 bridgehead atoms. The van der Waals surface area contributed by atoms with Gasteiger partial charge in [-0.25, -0.2) is 12.7 Å². The molecule has 178 valence electrons. The number of amides is 1. The summed E-state index contributed by atoms with van der Waals surface area (Å²) < 4.78 is 27.1. The van der Waals surface area contributed by atoms with Crippen molar-refractivity contribution in [2.45, 2.75) is 44.4 Å². The van der Waals surface area contributed by atoms with Crippen LogP contribution < -0.4 is 5.32 Å². The summed E-state index contributed by atoms with van der Waals surface area (Å²) in [5, 5.41) is 3.19. The van der Waals surface area contributed by atoms with Gasteiger partial charge in [0.15, 0.2) is 0 Å². The number of hydrogen-bond acceptors (Lipinski definition) is 4. The fourth-order valence-corrected chi connectivity index (χ4v) is 6.48. The summed E-state index contributed by atoms with van der Waals surface area (Å²) in [6.07, 6.45) is 3.54. The highest BCUT2D eigenvalue weighted by Crippen LogP contribution is 2.26. The Morgan fingerprint density at radius 3 is 2.24 bits per heavy atom. The van der Waals surface area contributed by atoms with Crippen LogP contribution in [0.15, 0.2) is 54.6 Å². The molecule has 7 heteroatoms. The Morgan fingerprint density at radius 2 is 1.61 bits per heavy atom. The van der Waals surface area contributed by atoms with Crippen molar-refractivity contribution in [2.24, 2.45) is 5.92 Å². The Hall–Kier alpha value is -2.22. The van der Waals surface area contributed by atoms with Crippen molar-refractivity contribution in [1.82, 2.24) is 14.5 Å². The summed E-state index contributed by atoms with van der Waals surface area (Å²) >= 11 is 0. The third-order valence-corrected chi connectivity index (χ3v) is 8.77. The molecule has 2 aliphatic rings. The number of sulfonamides is 1. The lowest BCUT2D eigenvalue weighted by Gasteiger charge is -2.32. The lowest BCUT2D eigenvalue weighted by atomic mass is 9.96. The first-order valence-corrected chi connectivity index (χ1v) is 13.6. The van der Waals surface area contributed by atoms with Crippen molar-refractivity contribution < 1.29 is 13.2 Å². The van der Waals surface area contributed by atoms with Crippen LogP contribution in [0.2, 0.25) is 0 Å². The molecule has 0 saturated carbocycles. The van der Waals surface area contributed by atoms with Crippen LogP contribution in [0.1, 0.15) is 48.4 Å². The number of carbonyl (C=O) groups excluding carboxylic acids is 1. The zero-order chi connectivity index (χ0) is 23.3. The van der Waals surface area contributed by atoms with Crippen LogP contribution in [-0.2, 0) is 20.6 Å². The summed E-state index contributed by atoms with van der Waals surface area (Å²) in [6, 6.07) is 18.0. The molecule has 6 nitrogen and oxygen atoms in total. The Kier molecular flexibility index (Phi) is 7.83. The molecule has 2 aromatic carbocycles. The number of likely N-dealkylation sites (tertiary alicyclic amines) is 1. The van der Waals surface area contributed by atoms with E-state index in [0.29, 0.717) is 32.5 Å². The van der Waals surface area contributed by atoms with Gasteiger partial charge in [-0.2, -0.15) is 0 Å². The van der Waals surface area contributed by atoms with E-state index in [2.05, 4.69) is 41.4 Å². The van der Waals surface area contributed by atoms with Crippen molar-refractivity contribution in [2.75, 3.05) is 32.7 Å². The molecule has 2 aromatic rings. The number of aryl methyl sites for hydroxylation is 1. The van der Waals surface area contributed by atoms with Gasteiger partial charge in [-0.15, -0.1) is 0 Å². The topological polar surface area (TPSA) is 69.7 Å². The third-order valence-electron chi connectivity index (χ3n) is 6.92. The monoisotopic (exact) mass is 469 g/mol. The number of piperidine rings is 1. The van der Waals surface area contributed by atoms with Gasteiger partial charge in [0, 0.05) is 25.6 Å². The van der Waals surface area contributed by atoms with E-state index >= 15 is 0 Å². The molecule has 1 amide bonds. The second kappa shape index (κ2) is 10.8. The maximum absolute atomic E-state index is 13.0. The van der Waals surface area contributed by atoms with E-state index in [0.717, 1.165) is 18.7 Å². The zero-order valence-electron chi connectivity index (χ0n) is 19.4. The Balaban J connectivity index is 1.31. The maximum Gasteiger partial charge on any atom is 0.223 e. The van der Waals surface area contributed by atoms with E-state index in [1.807, 2.05) is 30.3 Å². The van der Waals surface area contributed by atoms with Gasteiger partial charge in [-0.3, -0.25) is 9.69 Å². The van der Waals surface area contributed by atoms with Crippen LogP contribution >= 0.6 is 0 Å². The van der Waals surface area contributed by atoms with Crippen molar-refractivity contribution >= 4 is 15.9 Å². The standard InChI is InChI=1S/C26H35N3O3S/c1-21-9-11-23(12-10-21)25(28-15-5-6-16-28)19-27-26(30)24-13-17-29(18-14-24)33(31,32)20-22-7-3-2-4-8-22/h2-4,7-12,24-25H,5-6,13-20H2,1H3,(H,27,30). The molecule has 1 unspecified atom stereocenters. The first-order chi connectivity index (χ1) is 15.9. The second-order valence-electron chi connectivity index (χ2n) is 9.33. The largest absolute Gasteiger partial charge is 0.354 e. The molecule has 1 N–H and O–H groups in total. The lowest BCUT2D eigenvalue weighted by molar-refractivity contribution is -0.126. The predicted octanol–water partition coefficient (Wildman–Crippen LogP) is 3.49. The summed E-state index contributed by atoms with van der Waals surface area (Å²) in [7, 11) is -3.37. The van der Waals surface area contributed by atoms with Crippen molar-refractivity contribution in [3.8, 4) is 0 Å². The molecule has 0 aromatic heterocycles. The van der Waals surface area contributed by atoms with E-state index < -0.39 is 10.0 Å². The highest BCUT2D eigenvalue weighted by atomic mass is 32.2. The Labute approximate surface area is 198 Å². The minimum absolute atomic E-state index is 0.0127. The number of hydrogen-bond donors (Lipinski definition) is 1. The molecular formula is C26H35N3O3S. The van der Waals surface area contributed by atoms with Crippen LogP contribution in [-0.4, -0.2) is 56.3 Å². The molecule has 2 saturated heterocycles. The molecule has 2 aliphatic heterocycles. The predicted molar refractivity (Wildman–Crippen MR) is 131 cm³/mol. The minimum atomic E-state index is -3.37. The van der Waals surface area contributed by atoms with E-state index in [1.54, 1.807) is 4.31 Å². The van der Waals surface area contributed by atoms with Gasteiger partial charge in [-0.1, -0.05) is 60.2 Å². The number of nitrogens with zero attached hydrogens (tertiary/aromatic N) is 2. The van der Waals surface area contributed by atoms with Crippen molar-refractivity contribution in [1.29, 1.82) is 0 Å².